The van der Waals surface area contributed by atoms with Gasteiger partial charge in [0, 0.05) is 17.3 Å². The molecular weight excluding hydrogens is 394 g/mol. The second-order valence-electron chi connectivity index (χ2n) is 8.72. The van der Waals surface area contributed by atoms with Gasteiger partial charge in [0.1, 0.15) is 5.60 Å². The SMILES string of the molecule is CCc1ccccc1-n1nc(C(C)(C)O)cc1-c1ccc(-c2ccc3cc[nH]c3c2)cc1. The zero-order valence-corrected chi connectivity index (χ0v) is 18.6. The van der Waals surface area contributed by atoms with E-state index in [1.807, 2.05) is 23.0 Å². The highest BCUT2D eigenvalue weighted by Crippen LogP contribution is 2.32. The van der Waals surface area contributed by atoms with Crippen molar-refractivity contribution in [3.05, 3.63) is 96.3 Å². The number of hydrogen-bond donors (Lipinski definition) is 2. The number of nitrogens with one attached hydrogen (secondary N) is 1. The first kappa shape index (κ1) is 20.3. The van der Waals surface area contributed by atoms with E-state index in [1.165, 1.54) is 16.5 Å². The van der Waals surface area contributed by atoms with Crippen LogP contribution in [0.4, 0.5) is 0 Å². The Labute approximate surface area is 188 Å². The van der Waals surface area contributed by atoms with E-state index in [0.717, 1.165) is 34.4 Å². The van der Waals surface area contributed by atoms with Crippen LogP contribution in [0.15, 0.2) is 85.1 Å². The van der Waals surface area contributed by atoms with Gasteiger partial charge in [-0.15, -0.1) is 0 Å². The standard InChI is InChI=1S/C28H27N3O/c1-4-19-7-5-6-8-25(19)31-26(18-27(30-31)28(2,3)32)22-12-9-20(10-13-22)23-14-11-21-15-16-29-24(21)17-23/h5-18,29,32H,4H2,1-3H3. The molecule has 0 aliphatic carbocycles. The highest BCUT2D eigenvalue weighted by atomic mass is 16.3. The van der Waals surface area contributed by atoms with Crippen LogP contribution in [0.2, 0.25) is 0 Å². The van der Waals surface area contributed by atoms with Gasteiger partial charge in [-0.25, -0.2) is 4.68 Å². The highest BCUT2D eigenvalue weighted by Gasteiger charge is 2.23. The number of aromatic nitrogens is 3. The summed E-state index contributed by atoms with van der Waals surface area (Å²) in [5.41, 5.74) is 7.39. The van der Waals surface area contributed by atoms with Crippen molar-refractivity contribution in [3.63, 3.8) is 0 Å². The Kier molecular flexibility index (Phi) is 4.95. The Morgan fingerprint density at radius 1 is 0.875 bits per heavy atom. The monoisotopic (exact) mass is 421 g/mol. The Balaban J connectivity index is 1.60. The first-order valence-electron chi connectivity index (χ1n) is 11.0. The third kappa shape index (κ3) is 3.63. The van der Waals surface area contributed by atoms with Crippen molar-refractivity contribution in [3.8, 4) is 28.1 Å². The van der Waals surface area contributed by atoms with Crippen LogP contribution in [0.1, 0.15) is 32.0 Å². The van der Waals surface area contributed by atoms with E-state index in [9.17, 15) is 5.11 Å². The molecule has 32 heavy (non-hydrogen) atoms. The molecule has 0 bridgehead atoms. The van der Waals surface area contributed by atoms with E-state index in [1.54, 1.807) is 13.8 Å². The van der Waals surface area contributed by atoms with Gasteiger partial charge in [0.25, 0.3) is 0 Å². The number of aliphatic hydroxyl groups is 1. The molecule has 0 radical (unpaired) electrons. The van der Waals surface area contributed by atoms with E-state index < -0.39 is 5.60 Å². The maximum absolute atomic E-state index is 10.6. The van der Waals surface area contributed by atoms with Crippen molar-refractivity contribution < 1.29 is 5.11 Å². The Hall–Kier alpha value is -3.63. The molecule has 3 aromatic carbocycles. The van der Waals surface area contributed by atoms with Crippen LogP contribution >= 0.6 is 0 Å². The fourth-order valence-corrected chi connectivity index (χ4v) is 4.15. The number of aromatic amines is 1. The first-order chi connectivity index (χ1) is 15.4. The first-order valence-corrected chi connectivity index (χ1v) is 11.0. The van der Waals surface area contributed by atoms with E-state index in [0.29, 0.717) is 5.69 Å². The number of aryl methyl sites for hydroxylation is 1. The third-order valence-corrected chi connectivity index (χ3v) is 6.01. The molecule has 4 nitrogen and oxygen atoms in total. The fraction of sp³-hybridized carbons (Fsp3) is 0.179. The molecule has 0 aliphatic heterocycles. The lowest BCUT2D eigenvalue weighted by Gasteiger charge is -2.14. The summed E-state index contributed by atoms with van der Waals surface area (Å²) in [6.07, 6.45) is 2.88. The van der Waals surface area contributed by atoms with Gasteiger partial charge in [-0.3, -0.25) is 0 Å². The molecular formula is C28H27N3O. The molecule has 5 rings (SSSR count). The van der Waals surface area contributed by atoms with E-state index in [2.05, 4.69) is 78.6 Å². The van der Waals surface area contributed by atoms with Crippen molar-refractivity contribution in [1.29, 1.82) is 0 Å². The number of H-pyrrole nitrogens is 1. The summed E-state index contributed by atoms with van der Waals surface area (Å²) >= 11 is 0. The summed E-state index contributed by atoms with van der Waals surface area (Å²) in [5.74, 6) is 0. The number of nitrogens with zero attached hydrogens (tertiary/aromatic N) is 2. The van der Waals surface area contributed by atoms with Crippen LogP contribution in [-0.2, 0) is 12.0 Å². The molecule has 0 unspecified atom stereocenters. The van der Waals surface area contributed by atoms with Crippen molar-refractivity contribution in [1.82, 2.24) is 14.8 Å². The van der Waals surface area contributed by atoms with Crippen LogP contribution < -0.4 is 0 Å². The van der Waals surface area contributed by atoms with Gasteiger partial charge < -0.3 is 10.1 Å². The van der Waals surface area contributed by atoms with Crippen LogP contribution in [-0.4, -0.2) is 19.9 Å². The molecule has 5 aromatic rings. The van der Waals surface area contributed by atoms with E-state index >= 15 is 0 Å². The van der Waals surface area contributed by atoms with Crippen LogP contribution in [0.3, 0.4) is 0 Å². The van der Waals surface area contributed by atoms with Crippen molar-refractivity contribution in [2.45, 2.75) is 32.8 Å². The zero-order valence-electron chi connectivity index (χ0n) is 18.6. The lowest BCUT2D eigenvalue weighted by atomic mass is 10.0. The Morgan fingerprint density at radius 2 is 1.59 bits per heavy atom. The molecule has 2 aromatic heterocycles. The molecule has 0 fully saturated rings. The Bertz CT molecular complexity index is 1380. The van der Waals surface area contributed by atoms with Crippen LogP contribution in [0.25, 0.3) is 39.0 Å². The maximum atomic E-state index is 10.6. The number of para-hydroxylation sites is 1. The predicted molar refractivity (Wildman–Crippen MR) is 131 cm³/mol. The number of benzene rings is 3. The normalized spacial score (nSPS) is 11.9. The maximum Gasteiger partial charge on any atom is 0.103 e. The lowest BCUT2D eigenvalue weighted by molar-refractivity contribution is 0.0734. The quantitative estimate of drug-likeness (QED) is 0.341. The summed E-state index contributed by atoms with van der Waals surface area (Å²) in [4.78, 5) is 3.28. The molecule has 0 atom stereocenters. The third-order valence-electron chi connectivity index (χ3n) is 6.01. The average Bonchev–Trinajstić information content (AvgIpc) is 3.46. The summed E-state index contributed by atoms with van der Waals surface area (Å²) in [5, 5.41) is 16.6. The Morgan fingerprint density at radius 3 is 2.34 bits per heavy atom. The second kappa shape index (κ2) is 7.81. The molecule has 160 valence electrons. The summed E-state index contributed by atoms with van der Waals surface area (Å²) in [6, 6.07) is 27.4. The van der Waals surface area contributed by atoms with Gasteiger partial charge >= 0.3 is 0 Å². The molecule has 2 heterocycles. The number of rotatable bonds is 5. The highest BCUT2D eigenvalue weighted by molar-refractivity contribution is 5.85. The molecule has 0 saturated carbocycles. The minimum Gasteiger partial charge on any atom is -0.384 e. The van der Waals surface area contributed by atoms with Gasteiger partial charge in [0.05, 0.1) is 17.1 Å². The molecule has 0 amide bonds. The van der Waals surface area contributed by atoms with E-state index in [-0.39, 0.29) is 0 Å². The minimum atomic E-state index is -1.02. The summed E-state index contributed by atoms with van der Waals surface area (Å²) < 4.78 is 1.96. The zero-order chi connectivity index (χ0) is 22.3. The van der Waals surface area contributed by atoms with Crippen molar-refractivity contribution in [2.75, 3.05) is 0 Å². The van der Waals surface area contributed by atoms with Crippen molar-refractivity contribution >= 4 is 10.9 Å². The van der Waals surface area contributed by atoms with Gasteiger partial charge in [0.2, 0.25) is 0 Å². The van der Waals surface area contributed by atoms with Crippen molar-refractivity contribution in [2.24, 2.45) is 0 Å². The van der Waals surface area contributed by atoms with Gasteiger partial charge in [-0.2, -0.15) is 5.10 Å². The lowest BCUT2D eigenvalue weighted by Crippen LogP contribution is -2.16. The molecule has 0 saturated heterocycles. The van der Waals surface area contributed by atoms with E-state index in [4.69, 9.17) is 5.10 Å². The predicted octanol–water partition coefficient (Wildman–Crippen LogP) is 6.48. The topological polar surface area (TPSA) is 53.8 Å². The van der Waals surface area contributed by atoms with Gasteiger partial charge in [0.15, 0.2) is 0 Å². The fourth-order valence-electron chi connectivity index (χ4n) is 4.15. The van der Waals surface area contributed by atoms with Crippen LogP contribution in [0, 0.1) is 0 Å². The average molecular weight is 422 g/mol. The molecule has 4 heteroatoms. The summed E-state index contributed by atoms with van der Waals surface area (Å²) in [6.45, 7) is 5.69. The van der Waals surface area contributed by atoms with Crippen LogP contribution in [0.5, 0.6) is 0 Å². The molecule has 0 spiro atoms. The molecule has 2 N–H and O–H groups in total. The van der Waals surface area contributed by atoms with Gasteiger partial charge in [-0.05, 0) is 66.6 Å². The molecule has 0 aliphatic rings. The smallest absolute Gasteiger partial charge is 0.103 e. The van der Waals surface area contributed by atoms with Gasteiger partial charge in [-0.1, -0.05) is 61.5 Å². The minimum absolute atomic E-state index is 0.652. The number of fused-ring (bicyclic) bond motifs is 1. The largest absolute Gasteiger partial charge is 0.384 e. The number of hydrogen-bond acceptors (Lipinski definition) is 2. The second-order valence-corrected chi connectivity index (χ2v) is 8.72. The summed E-state index contributed by atoms with van der Waals surface area (Å²) in [7, 11) is 0.